The monoisotopic (exact) mass is 234 g/mol. The fraction of sp³-hybridized carbons (Fsp3) is 0.462. The van der Waals surface area contributed by atoms with Crippen LogP contribution >= 0.6 is 0 Å². The summed E-state index contributed by atoms with van der Waals surface area (Å²) in [5.41, 5.74) is 3.07. The van der Waals surface area contributed by atoms with Crippen LogP contribution in [0.4, 0.5) is 0 Å². The molecular weight excluding hydrogens is 216 g/mol. The minimum Gasteiger partial charge on any atom is -0.392 e. The molecule has 1 aromatic carbocycles. The van der Waals surface area contributed by atoms with Gasteiger partial charge >= 0.3 is 0 Å². The number of rotatable bonds is 3. The Hall–Kier alpha value is -1.39. The first-order valence-corrected chi connectivity index (χ1v) is 5.96. The van der Waals surface area contributed by atoms with Gasteiger partial charge in [-0.3, -0.25) is 4.79 Å². The van der Waals surface area contributed by atoms with Gasteiger partial charge in [-0.1, -0.05) is 12.1 Å². The molecule has 0 fully saturated rings. The van der Waals surface area contributed by atoms with Crippen LogP contribution in [0, 0.1) is 0 Å². The second kappa shape index (κ2) is 5.29. The zero-order valence-corrected chi connectivity index (χ0v) is 9.99. The summed E-state index contributed by atoms with van der Waals surface area (Å²) in [6.07, 6.45) is 0.369. The SMILES string of the molecule is CC(O)CNC(=O)c1cccc2c1CCNC2. The molecule has 0 spiro atoms. The second-order valence-electron chi connectivity index (χ2n) is 4.43. The molecule has 2 rings (SSSR count). The van der Waals surface area contributed by atoms with Gasteiger partial charge in [0, 0.05) is 18.7 Å². The lowest BCUT2D eigenvalue weighted by molar-refractivity contribution is 0.0923. The van der Waals surface area contributed by atoms with Crippen molar-refractivity contribution in [2.75, 3.05) is 13.1 Å². The Morgan fingerprint density at radius 3 is 3.18 bits per heavy atom. The molecule has 4 heteroatoms. The summed E-state index contributed by atoms with van der Waals surface area (Å²) in [6, 6.07) is 5.80. The first-order chi connectivity index (χ1) is 8.18. The van der Waals surface area contributed by atoms with Gasteiger partial charge in [0.05, 0.1) is 6.10 Å². The van der Waals surface area contributed by atoms with E-state index in [1.54, 1.807) is 6.92 Å². The molecule has 4 nitrogen and oxygen atoms in total. The molecule has 1 aliphatic rings. The first kappa shape index (κ1) is 12.1. The second-order valence-corrected chi connectivity index (χ2v) is 4.43. The summed E-state index contributed by atoms with van der Waals surface area (Å²) in [4.78, 5) is 12.0. The molecular formula is C13H18N2O2. The topological polar surface area (TPSA) is 61.4 Å². The van der Waals surface area contributed by atoms with Crippen LogP contribution in [0.15, 0.2) is 18.2 Å². The lowest BCUT2D eigenvalue weighted by atomic mass is 9.95. The van der Waals surface area contributed by atoms with Gasteiger partial charge < -0.3 is 15.7 Å². The highest BCUT2D eigenvalue weighted by atomic mass is 16.3. The normalized spacial score (nSPS) is 16.1. The van der Waals surface area contributed by atoms with E-state index in [-0.39, 0.29) is 5.91 Å². The summed E-state index contributed by atoms with van der Waals surface area (Å²) in [6.45, 7) is 3.69. The van der Waals surface area contributed by atoms with Crippen molar-refractivity contribution in [1.29, 1.82) is 0 Å². The van der Waals surface area contributed by atoms with Crippen molar-refractivity contribution in [3.63, 3.8) is 0 Å². The minimum atomic E-state index is -0.514. The van der Waals surface area contributed by atoms with Gasteiger partial charge in [0.2, 0.25) is 0 Å². The third-order valence-electron chi connectivity index (χ3n) is 2.94. The van der Waals surface area contributed by atoms with Crippen LogP contribution in [0.2, 0.25) is 0 Å². The maximum atomic E-state index is 12.0. The Morgan fingerprint density at radius 2 is 2.41 bits per heavy atom. The van der Waals surface area contributed by atoms with E-state index in [4.69, 9.17) is 5.11 Å². The number of nitrogens with one attached hydrogen (secondary N) is 2. The Bertz CT molecular complexity index is 416. The Balaban J connectivity index is 2.17. The van der Waals surface area contributed by atoms with Crippen LogP contribution in [0.1, 0.15) is 28.4 Å². The number of carbonyl (C=O) groups is 1. The molecule has 0 saturated carbocycles. The summed E-state index contributed by atoms with van der Waals surface area (Å²) in [5, 5.41) is 15.2. The van der Waals surface area contributed by atoms with Crippen LogP contribution in [0.5, 0.6) is 0 Å². The fourth-order valence-electron chi connectivity index (χ4n) is 2.08. The molecule has 1 aliphatic heterocycles. The van der Waals surface area contributed by atoms with E-state index in [1.807, 2.05) is 18.2 Å². The van der Waals surface area contributed by atoms with E-state index in [1.165, 1.54) is 5.56 Å². The molecule has 3 N–H and O–H groups in total. The van der Waals surface area contributed by atoms with E-state index in [0.717, 1.165) is 30.6 Å². The molecule has 17 heavy (non-hydrogen) atoms. The van der Waals surface area contributed by atoms with Crippen molar-refractivity contribution in [2.24, 2.45) is 0 Å². The maximum absolute atomic E-state index is 12.0. The Morgan fingerprint density at radius 1 is 1.59 bits per heavy atom. The molecule has 1 unspecified atom stereocenters. The van der Waals surface area contributed by atoms with Gasteiger partial charge in [0.15, 0.2) is 0 Å². The number of aliphatic hydroxyl groups is 1. The summed E-state index contributed by atoms with van der Waals surface area (Å²) >= 11 is 0. The van der Waals surface area contributed by atoms with E-state index in [9.17, 15) is 4.79 Å². The number of fused-ring (bicyclic) bond motifs is 1. The van der Waals surface area contributed by atoms with Gasteiger partial charge in [-0.25, -0.2) is 0 Å². The molecule has 0 saturated heterocycles. The molecule has 0 aliphatic carbocycles. The predicted molar refractivity (Wildman–Crippen MR) is 65.9 cm³/mol. The number of amides is 1. The highest BCUT2D eigenvalue weighted by molar-refractivity contribution is 5.96. The van der Waals surface area contributed by atoms with Crippen molar-refractivity contribution in [2.45, 2.75) is 26.0 Å². The largest absolute Gasteiger partial charge is 0.392 e. The molecule has 1 heterocycles. The highest BCUT2D eigenvalue weighted by Gasteiger charge is 2.16. The number of hydrogen-bond acceptors (Lipinski definition) is 3. The van der Waals surface area contributed by atoms with Crippen molar-refractivity contribution in [3.8, 4) is 0 Å². The number of benzene rings is 1. The Kier molecular flexibility index (Phi) is 3.76. The van der Waals surface area contributed by atoms with E-state index < -0.39 is 6.10 Å². The van der Waals surface area contributed by atoms with Crippen LogP contribution in [-0.2, 0) is 13.0 Å². The average Bonchev–Trinajstić information content (AvgIpc) is 2.35. The minimum absolute atomic E-state index is 0.0929. The molecule has 92 valence electrons. The van der Waals surface area contributed by atoms with Gasteiger partial charge in [-0.05, 0) is 37.1 Å². The molecule has 0 aromatic heterocycles. The van der Waals surface area contributed by atoms with Crippen LogP contribution in [-0.4, -0.2) is 30.2 Å². The third-order valence-corrected chi connectivity index (χ3v) is 2.94. The average molecular weight is 234 g/mol. The van der Waals surface area contributed by atoms with Crippen LogP contribution in [0.3, 0.4) is 0 Å². The summed E-state index contributed by atoms with van der Waals surface area (Å²) < 4.78 is 0. The zero-order chi connectivity index (χ0) is 12.3. The fourth-order valence-corrected chi connectivity index (χ4v) is 2.08. The van der Waals surface area contributed by atoms with Gasteiger partial charge in [-0.2, -0.15) is 0 Å². The lowest BCUT2D eigenvalue weighted by Crippen LogP contribution is -2.33. The number of hydrogen-bond donors (Lipinski definition) is 3. The van der Waals surface area contributed by atoms with Crippen LogP contribution < -0.4 is 10.6 Å². The molecule has 0 bridgehead atoms. The Labute approximate surface area is 101 Å². The zero-order valence-electron chi connectivity index (χ0n) is 9.99. The van der Waals surface area contributed by atoms with E-state index in [2.05, 4.69) is 10.6 Å². The third kappa shape index (κ3) is 2.84. The predicted octanol–water partition coefficient (Wildman–Crippen LogP) is 0.443. The van der Waals surface area contributed by atoms with Crippen molar-refractivity contribution in [1.82, 2.24) is 10.6 Å². The lowest BCUT2D eigenvalue weighted by Gasteiger charge is -2.20. The highest BCUT2D eigenvalue weighted by Crippen LogP contribution is 2.18. The van der Waals surface area contributed by atoms with Crippen LogP contribution in [0.25, 0.3) is 0 Å². The van der Waals surface area contributed by atoms with Gasteiger partial charge in [-0.15, -0.1) is 0 Å². The van der Waals surface area contributed by atoms with Crippen molar-refractivity contribution >= 4 is 5.91 Å². The van der Waals surface area contributed by atoms with Gasteiger partial charge in [0.25, 0.3) is 5.91 Å². The van der Waals surface area contributed by atoms with E-state index in [0.29, 0.717) is 6.54 Å². The smallest absolute Gasteiger partial charge is 0.251 e. The summed E-state index contributed by atoms with van der Waals surface area (Å²) in [7, 11) is 0. The standard InChI is InChI=1S/C13H18N2O2/c1-9(16)7-15-13(17)12-4-2-3-10-8-14-6-5-11(10)12/h2-4,9,14,16H,5-8H2,1H3,(H,15,17). The summed E-state index contributed by atoms with van der Waals surface area (Å²) in [5.74, 6) is -0.0929. The number of aliphatic hydroxyl groups excluding tert-OH is 1. The van der Waals surface area contributed by atoms with E-state index >= 15 is 0 Å². The molecule has 0 radical (unpaired) electrons. The number of carbonyl (C=O) groups excluding carboxylic acids is 1. The van der Waals surface area contributed by atoms with Gasteiger partial charge in [0.1, 0.15) is 0 Å². The first-order valence-electron chi connectivity index (χ1n) is 5.96. The van der Waals surface area contributed by atoms with Crippen molar-refractivity contribution < 1.29 is 9.90 Å². The quantitative estimate of drug-likeness (QED) is 0.711. The maximum Gasteiger partial charge on any atom is 0.251 e. The molecule has 1 amide bonds. The molecule has 1 atom stereocenters. The molecule has 1 aromatic rings. The van der Waals surface area contributed by atoms with Crippen molar-refractivity contribution in [3.05, 3.63) is 34.9 Å².